The van der Waals surface area contributed by atoms with Crippen LogP contribution in [0.3, 0.4) is 0 Å². The lowest BCUT2D eigenvalue weighted by molar-refractivity contribution is 0.0930. The number of hydrogen-bond donors (Lipinski definition) is 3. The Morgan fingerprint density at radius 1 is 1.29 bits per heavy atom. The highest BCUT2D eigenvalue weighted by molar-refractivity contribution is 5.89. The van der Waals surface area contributed by atoms with Crippen LogP contribution in [-0.2, 0) is 18.0 Å². The summed E-state index contributed by atoms with van der Waals surface area (Å²) in [5.74, 6) is 0.776. The fraction of sp³-hybridized carbons (Fsp3) is 0.389. The predicted octanol–water partition coefficient (Wildman–Crippen LogP) is 3.28. The lowest BCUT2D eigenvalue weighted by atomic mass is 10.1. The molecule has 0 aliphatic heterocycles. The molecule has 0 radical (unpaired) electrons. The van der Waals surface area contributed by atoms with Gasteiger partial charge in [0.25, 0.3) is 0 Å². The molecule has 1 unspecified atom stereocenters. The Kier molecular flexibility index (Phi) is 7.32. The van der Waals surface area contributed by atoms with Crippen molar-refractivity contribution < 1.29 is 19.1 Å². The minimum absolute atomic E-state index is 0.0326. The van der Waals surface area contributed by atoms with Gasteiger partial charge in [0.15, 0.2) is 0 Å². The number of aliphatic hydroxyl groups excluding tert-OH is 1. The second-order valence-electron chi connectivity index (χ2n) is 5.49. The molecular formula is C18H24N2O4. The van der Waals surface area contributed by atoms with Gasteiger partial charge in [0.05, 0.1) is 12.9 Å². The number of hydrogen-bond acceptors (Lipinski definition) is 4. The largest absolute Gasteiger partial charge is 0.467 e. The molecule has 0 bridgehead atoms. The molecule has 0 fully saturated rings. The number of furan rings is 1. The monoisotopic (exact) mass is 332 g/mol. The van der Waals surface area contributed by atoms with Gasteiger partial charge in [-0.1, -0.05) is 19.1 Å². The molecule has 1 heterocycles. The first-order chi connectivity index (χ1) is 11.7. The Morgan fingerprint density at radius 3 is 2.88 bits per heavy atom. The Balaban J connectivity index is 1.81. The molecule has 130 valence electrons. The molecule has 0 aliphatic carbocycles. The van der Waals surface area contributed by atoms with Crippen LogP contribution in [0.2, 0.25) is 0 Å². The fourth-order valence-corrected chi connectivity index (χ4v) is 2.29. The molecule has 6 heteroatoms. The first-order valence-electron chi connectivity index (χ1n) is 8.08. The topological polar surface area (TPSA) is 83.7 Å². The number of urea groups is 1. The van der Waals surface area contributed by atoms with Crippen molar-refractivity contribution in [3.8, 4) is 0 Å². The molecule has 1 aromatic heterocycles. The van der Waals surface area contributed by atoms with Gasteiger partial charge in [-0.2, -0.15) is 0 Å². The number of anilines is 1. The summed E-state index contributed by atoms with van der Waals surface area (Å²) < 4.78 is 10.8. The van der Waals surface area contributed by atoms with Crippen LogP contribution >= 0.6 is 0 Å². The maximum atomic E-state index is 12.0. The highest BCUT2D eigenvalue weighted by Gasteiger charge is 2.10. The molecule has 0 spiro atoms. The van der Waals surface area contributed by atoms with Crippen molar-refractivity contribution in [2.75, 3.05) is 11.9 Å². The zero-order valence-electron chi connectivity index (χ0n) is 13.8. The maximum Gasteiger partial charge on any atom is 0.319 e. The summed E-state index contributed by atoms with van der Waals surface area (Å²) in [6, 6.07) is 10.9. The van der Waals surface area contributed by atoms with Crippen LogP contribution < -0.4 is 10.6 Å². The number of ether oxygens (including phenoxy) is 1. The number of carbonyl (C=O) groups excluding carboxylic acids is 1. The molecule has 1 aromatic carbocycles. The summed E-state index contributed by atoms with van der Waals surface area (Å²) in [7, 11) is 0. The molecule has 2 aromatic rings. The Morgan fingerprint density at radius 2 is 2.17 bits per heavy atom. The summed E-state index contributed by atoms with van der Waals surface area (Å²) >= 11 is 0. The smallest absolute Gasteiger partial charge is 0.319 e. The average Bonchev–Trinajstić information content (AvgIpc) is 3.08. The number of rotatable bonds is 9. The minimum atomic E-state index is -0.274. The fourth-order valence-electron chi connectivity index (χ4n) is 2.29. The van der Waals surface area contributed by atoms with E-state index in [-0.39, 0.29) is 18.7 Å². The van der Waals surface area contributed by atoms with Gasteiger partial charge in [-0.3, -0.25) is 0 Å². The van der Waals surface area contributed by atoms with E-state index in [9.17, 15) is 4.79 Å². The number of carbonyl (C=O) groups is 1. The molecular weight excluding hydrogens is 308 g/mol. The number of nitrogens with one attached hydrogen (secondary N) is 2. The molecule has 0 saturated carbocycles. The van der Waals surface area contributed by atoms with Crippen LogP contribution in [-0.4, -0.2) is 23.8 Å². The van der Waals surface area contributed by atoms with Crippen LogP contribution in [0.5, 0.6) is 0 Å². The second-order valence-corrected chi connectivity index (χ2v) is 5.49. The van der Waals surface area contributed by atoms with Gasteiger partial charge in [0.1, 0.15) is 12.4 Å². The van der Waals surface area contributed by atoms with Crippen molar-refractivity contribution in [2.24, 2.45) is 0 Å². The van der Waals surface area contributed by atoms with Crippen LogP contribution in [0.25, 0.3) is 0 Å². The number of aliphatic hydroxyl groups is 1. The average molecular weight is 332 g/mol. The summed E-state index contributed by atoms with van der Waals surface area (Å²) in [5, 5.41) is 14.6. The standard InChI is InChI=1S/C18H24N2O4/c1-2-15(8-9-21)19-18(22)20-16-6-3-5-14(11-16)12-23-13-17-7-4-10-24-17/h3-7,10-11,15,21H,2,8-9,12-13H2,1H3,(H2,19,20,22). The minimum Gasteiger partial charge on any atom is -0.467 e. The molecule has 0 aliphatic rings. The van der Waals surface area contributed by atoms with Crippen molar-refractivity contribution in [3.05, 3.63) is 54.0 Å². The highest BCUT2D eigenvalue weighted by Crippen LogP contribution is 2.13. The van der Waals surface area contributed by atoms with Gasteiger partial charge < -0.3 is 24.9 Å². The van der Waals surface area contributed by atoms with Crippen molar-refractivity contribution in [1.29, 1.82) is 0 Å². The Labute approximate surface area is 141 Å². The van der Waals surface area contributed by atoms with E-state index in [1.165, 1.54) is 0 Å². The lowest BCUT2D eigenvalue weighted by Gasteiger charge is -2.16. The zero-order chi connectivity index (χ0) is 17.2. The second kappa shape index (κ2) is 9.75. The quantitative estimate of drug-likeness (QED) is 0.658. The predicted molar refractivity (Wildman–Crippen MR) is 91.6 cm³/mol. The van der Waals surface area contributed by atoms with Crippen molar-refractivity contribution in [1.82, 2.24) is 5.32 Å². The van der Waals surface area contributed by atoms with Gasteiger partial charge in [-0.15, -0.1) is 0 Å². The third kappa shape index (κ3) is 6.06. The van der Waals surface area contributed by atoms with Crippen LogP contribution in [0, 0.1) is 0 Å². The molecule has 2 rings (SSSR count). The summed E-state index contributed by atoms with van der Waals surface area (Å²) in [6.45, 7) is 2.86. The van der Waals surface area contributed by atoms with E-state index in [1.54, 1.807) is 6.26 Å². The van der Waals surface area contributed by atoms with Crippen LogP contribution in [0.4, 0.5) is 10.5 Å². The molecule has 24 heavy (non-hydrogen) atoms. The molecule has 1 atom stereocenters. The van der Waals surface area contributed by atoms with Gasteiger partial charge >= 0.3 is 6.03 Å². The Bertz CT molecular complexity index is 613. The van der Waals surface area contributed by atoms with E-state index >= 15 is 0 Å². The van der Waals surface area contributed by atoms with E-state index in [4.69, 9.17) is 14.3 Å². The third-order valence-electron chi connectivity index (χ3n) is 3.58. The molecule has 6 nitrogen and oxygen atoms in total. The Hall–Kier alpha value is -2.31. The van der Waals surface area contributed by atoms with Gasteiger partial charge in [0.2, 0.25) is 0 Å². The van der Waals surface area contributed by atoms with Crippen LogP contribution in [0.1, 0.15) is 31.1 Å². The molecule has 0 saturated heterocycles. The first-order valence-corrected chi connectivity index (χ1v) is 8.08. The SMILES string of the molecule is CCC(CCO)NC(=O)Nc1cccc(COCc2ccco2)c1. The maximum absolute atomic E-state index is 12.0. The lowest BCUT2D eigenvalue weighted by Crippen LogP contribution is -2.38. The first kappa shape index (κ1) is 18.0. The van der Waals surface area contributed by atoms with Gasteiger partial charge in [0, 0.05) is 18.3 Å². The van der Waals surface area contributed by atoms with Crippen LogP contribution in [0.15, 0.2) is 47.1 Å². The van der Waals surface area contributed by atoms with Crippen molar-refractivity contribution >= 4 is 11.7 Å². The highest BCUT2D eigenvalue weighted by atomic mass is 16.5. The molecule has 2 amide bonds. The normalized spacial score (nSPS) is 11.9. The zero-order valence-corrected chi connectivity index (χ0v) is 13.8. The number of amides is 2. The van der Waals surface area contributed by atoms with E-state index < -0.39 is 0 Å². The van der Waals surface area contributed by atoms with E-state index in [0.29, 0.717) is 25.3 Å². The summed E-state index contributed by atoms with van der Waals surface area (Å²) in [4.78, 5) is 12.0. The summed E-state index contributed by atoms with van der Waals surface area (Å²) in [5.41, 5.74) is 1.66. The van der Waals surface area contributed by atoms with E-state index in [0.717, 1.165) is 17.7 Å². The summed E-state index contributed by atoms with van der Waals surface area (Å²) in [6.07, 6.45) is 2.93. The molecule has 3 N–H and O–H groups in total. The van der Waals surface area contributed by atoms with E-state index in [1.807, 2.05) is 43.3 Å². The van der Waals surface area contributed by atoms with Gasteiger partial charge in [-0.05, 0) is 42.7 Å². The van der Waals surface area contributed by atoms with Crippen molar-refractivity contribution in [2.45, 2.75) is 39.0 Å². The van der Waals surface area contributed by atoms with Gasteiger partial charge in [-0.25, -0.2) is 4.79 Å². The third-order valence-corrected chi connectivity index (χ3v) is 3.58. The van der Waals surface area contributed by atoms with Crippen molar-refractivity contribution in [3.63, 3.8) is 0 Å². The number of benzene rings is 1. The van der Waals surface area contributed by atoms with E-state index in [2.05, 4.69) is 10.6 Å².